The Morgan fingerprint density at radius 1 is 1.07 bits per heavy atom. The Morgan fingerprint density at radius 2 is 1.79 bits per heavy atom. The van der Waals surface area contributed by atoms with Gasteiger partial charge in [0.2, 0.25) is 0 Å². The van der Waals surface area contributed by atoms with Crippen LogP contribution in [0.4, 0.5) is 0 Å². The highest BCUT2D eigenvalue weighted by atomic mass is 16.5. The zero-order chi connectivity index (χ0) is 21.3. The molecular formula is C25H34N2O2. The maximum absolute atomic E-state index is 13.4. The second kappa shape index (κ2) is 7.91. The average Bonchev–Trinajstić information content (AvgIpc) is 3.41. The van der Waals surface area contributed by atoms with Gasteiger partial charge in [-0.2, -0.15) is 0 Å². The van der Waals surface area contributed by atoms with Crippen molar-refractivity contribution in [1.82, 2.24) is 10.3 Å². The number of aromatic nitrogens is 1. The van der Waals surface area contributed by atoms with Crippen LogP contribution in [0.25, 0.3) is 0 Å². The molecule has 1 aromatic carbocycles. The Labute approximate surface area is 175 Å². The van der Waals surface area contributed by atoms with Gasteiger partial charge in [0, 0.05) is 11.8 Å². The fourth-order valence-electron chi connectivity index (χ4n) is 3.73. The molecule has 1 fully saturated rings. The van der Waals surface area contributed by atoms with Gasteiger partial charge < -0.3 is 10.1 Å². The van der Waals surface area contributed by atoms with Gasteiger partial charge in [0.25, 0.3) is 5.91 Å². The number of amides is 1. The maximum atomic E-state index is 13.4. The van der Waals surface area contributed by atoms with E-state index in [0.717, 1.165) is 29.7 Å². The highest BCUT2D eigenvalue weighted by Gasteiger charge is 2.47. The monoisotopic (exact) mass is 394 g/mol. The molecule has 156 valence electrons. The molecule has 0 radical (unpaired) electrons. The summed E-state index contributed by atoms with van der Waals surface area (Å²) in [5, 5.41) is 3.28. The smallest absolute Gasteiger partial charge is 0.252 e. The third-order valence-electron chi connectivity index (χ3n) is 5.37. The van der Waals surface area contributed by atoms with Crippen LogP contribution in [0.3, 0.4) is 0 Å². The third-order valence-corrected chi connectivity index (χ3v) is 5.37. The molecular weight excluding hydrogens is 360 g/mol. The summed E-state index contributed by atoms with van der Waals surface area (Å²) in [6, 6.07) is 11.9. The van der Waals surface area contributed by atoms with Gasteiger partial charge in [-0.05, 0) is 74.8 Å². The number of carbonyl (C=O) groups excluding carboxylic acids is 1. The lowest BCUT2D eigenvalue weighted by Crippen LogP contribution is -2.36. The van der Waals surface area contributed by atoms with Crippen LogP contribution in [-0.2, 0) is 22.1 Å². The molecule has 0 spiro atoms. The molecule has 0 atom stereocenters. The fourth-order valence-corrected chi connectivity index (χ4v) is 3.73. The molecule has 1 heterocycles. The van der Waals surface area contributed by atoms with Gasteiger partial charge in [0.1, 0.15) is 0 Å². The Bertz CT molecular complexity index is 857. The topological polar surface area (TPSA) is 51.2 Å². The van der Waals surface area contributed by atoms with Gasteiger partial charge in [0.15, 0.2) is 0 Å². The molecule has 4 heteroatoms. The standard InChI is InChI=1S/C25H34N2O2/c1-23(2,3)20-11-9-10-19(18(20)13-17-29-24(4,5)6)22(28)27-25(14-15-25)21-12-7-8-16-26-21/h7-12,16H,13-15,17H2,1-6H3,(H,27,28). The highest BCUT2D eigenvalue weighted by Crippen LogP contribution is 2.44. The van der Waals surface area contributed by atoms with Crippen LogP contribution in [0.5, 0.6) is 0 Å². The summed E-state index contributed by atoms with van der Waals surface area (Å²) in [6.45, 7) is 13.3. The van der Waals surface area contributed by atoms with E-state index >= 15 is 0 Å². The number of nitrogens with zero attached hydrogens (tertiary/aromatic N) is 1. The van der Waals surface area contributed by atoms with Gasteiger partial charge in [-0.15, -0.1) is 0 Å². The number of carbonyl (C=O) groups is 1. The molecule has 1 saturated carbocycles. The lowest BCUT2D eigenvalue weighted by atomic mass is 9.81. The van der Waals surface area contributed by atoms with Crippen molar-refractivity contribution >= 4 is 5.91 Å². The Balaban J connectivity index is 1.88. The van der Waals surface area contributed by atoms with Crippen LogP contribution >= 0.6 is 0 Å². The largest absolute Gasteiger partial charge is 0.376 e. The Kier molecular flexibility index (Phi) is 5.86. The Hall–Kier alpha value is -2.20. The van der Waals surface area contributed by atoms with Gasteiger partial charge in [-0.25, -0.2) is 0 Å². The first-order valence-electron chi connectivity index (χ1n) is 10.5. The second-order valence-electron chi connectivity index (χ2n) is 10.0. The van der Waals surface area contributed by atoms with Crippen molar-refractivity contribution in [2.24, 2.45) is 0 Å². The van der Waals surface area contributed by atoms with E-state index < -0.39 is 0 Å². The molecule has 1 N–H and O–H groups in total. The van der Waals surface area contributed by atoms with Crippen LogP contribution in [0, 0.1) is 0 Å². The van der Waals surface area contributed by atoms with Crippen molar-refractivity contribution in [3.63, 3.8) is 0 Å². The molecule has 0 saturated heterocycles. The van der Waals surface area contributed by atoms with Crippen LogP contribution in [0.15, 0.2) is 42.6 Å². The third kappa shape index (κ3) is 5.24. The minimum Gasteiger partial charge on any atom is -0.376 e. The summed E-state index contributed by atoms with van der Waals surface area (Å²) in [5.74, 6) is -0.0231. The summed E-state index contributed by atoms with van der Waals surface area (Å²) in [5.41, 5.74) is 3.40. The lowest BCUT2D eigenvalue weighted by molar-refractivity contribution is -0.00112. The van der Waals surface area contributed by atoms with Gasteiger partial charge in [0.05, 0.1) is 23.4 Å². The summed E-state index contributed by atoms with van der Waals surface area (Å²) < 4.78 is 5.98. The molecule has 0 unspecified atom stereocenters. The quantitative estimate of drug-likeness (QED) is 0.737. The molecule has 2 aromatic rings. The first kappa shape index (κ1) is 21.5. The molecule has 0 aliphatic heterocycles. The summed E-state index contributed by atoms with van der Waals surface area (Å²) >= 11 is 0. The van der Waals surface area contributed by atoms with Crippen LogP contribution in [-0.4, -0.2) is 23.1 Å². The minimum atomic E-state index is -0.324. The number of hydrogen-bond donors (Lipinski definition) is 1. The molecule has 29 heavy (non-hydrogen) atoms. The van der Waals surface area contributed by atoms with Crippen LogP contribution < -0.4 is 5.32 Å². The summed E-state index contributed by atoms with van der Waals surface area (Å²) in [6.07, 6.45) is 4.36. The number of rotatable bonds is 6. The summed E-state index contributed by atoms with van der Waals surface area (Å²) in [7, 11) is 0. The van der Waals surface area contributed by atoms with Gasteiger partial charge in [-0.3, -0.25) is 9.78 Å². The van der Waals surface area contributed by atoms with E-state index in [9.17, 15) is 4.79 Å². The van der Waals surface area contributed by atoms with E-state index in [1.165, 1.54) is 5.56 Å². The number of benzene rings is 1. The molecule has 1 aromatic heterocycles. The normalized spacial score (nSPS) is 15.8. The van der Waals surface area contributed by atoms with Crippen molar-refractivity contribution in [3.05, 3.63) is 65.0 Å². The van der Waals surface area contributed by atoms with E-state index in [1.54, 1.807) is 6.20 Å². The zero-order valence-electron chi connectivity index (χ0n) is 18.6. The Morgan fingerprint density at radius 3 is 2.34 bits per heavy atom. The van der Waals surface area contributed by atoms with Crippen LogP contribution in [0.2, 0.25) is 0 Å². The predicted octanol–water partition coefficient (Wildman–Crippen LogP) is 5.16. The maximum Gasteiger partial charge on any atom is 0.252 e. The molecule has 1 aliphatic carbocycles. The van der Waals surface area contributed by atoms with Crippen molar-refractivity contribution in [2.75, 3.05) is 6.61 Å². The first-order valence-corrected chi connectivity index (χ1v) is 10.5. The summed E-state index contributed by atoms with van der Waals surface area (Å²) in [4.78, 5) is 17.8. The van der Waals surface area contributed by atoms with Crippen molar-refractivity contribution in [1.29, 1.82) is 0 Å². The number of pyridine rings is 1. The van der Waals surface area contributed by atoms with E-state index in [-0.39, 0.29) is 22.5 Å². The molecule has 3 rings (SSSR count). The van der Waals surface area contributed by atoms with Crippen molar-refractivity contribution in [3.8, 4) is 0 Å². The molecule has 4 nitrogen and oxygen atoms in total. The lowest BCUT2D eigenvalue weighted by Gasteiger charge is -2.27. The average molecular weight is 395 g/mol. The van der Waals surface area contributed by atoms with Crippen LogP contribution in [0.1, 0.15) is 81.6 Å². The minimum absolute atomic E-state index is 0.0231. The van der Waals surface area contributed by atoms with Crippen molar-refractivity contribution in [2.45, 2.75) is 77.4 Å². The van der Waals surface area contributed by atoms with Crippen molar-refractivity contribution < 1.29 is 9.53 Å². The number of hydrogen-bond acceptors (Lipinski definition) is 3. The predicted molar refractivity (Wildman–Crippen MR) is 117 cm³/mol. The number of nitrogens with one attached hydrogen (secondary N) is 1. The molecule has 1 aliphatic rings. The highest BCUT2D eigenvalue weighted by molar-refractivity contribution is 5.97. The number of ether oxygens (including phenoxy) is 1. The van der Waals surface area contributed by atoms with E-state index in [0.29, 0.717) is 13.0 Å². The SMILES string of the molecule is CC(C)(C)OCCc1c(C(=O)NC2(c3ccccn3)CC2)cccc1C(C)(C)C. The molecule has 0 bridgehead atoms. The van der Waals surface area contributed by atoms with Gasteiger partial charge >= 0.3 is 0 Å². The van der Waals surface area contributed by atoms with E-state index in [1.807, 2.05) is 30.3 Å². The molecule has 1 amide bonds. The van der Waals surface area contributed by atoms with Gasteiger partial charge in [-0.1, -0.05) is 39.0 Å². The van der Waals surface area contributed by atoms with E-state index in [2.05, 4.69) is 57.9 Å². The second-order valence-corrected chi connectivity index (χ2v) is 10.0. The zero-order valence-corrected chi connectivity index (χ0v) is 18.6. The van der Waals surface area contributed by atoms with E-state index in [4.69, 9.17) is 4.74 Å². The fraction of sp³-hybridized carbons (Fsp3) is 0.520. The first-order chi connectivity index (χ1) is 13.5.